The molecule has 104 valence electrons. The number of halogens is 1. The van der Waals surface area contributed by atoms with Crippen LogP contribution in [0, 0.1) is 6.92 Å². The Morgan fingerprint density at radius 1 is 1.10 bits per heavy atom. The van der Waals surface area contributed by atoms with Crippen LogP contribution in [0.3, 0.4) is 0 Å². The molecule has 2 heteroatoms. The average Bonchev–Trinajstić information content (AvgIpc) is 3.26. The molecule has 0 heterocycles. The Balaban J connectivity index is 2.00. The van der Waals surface area contributed by atoms with E-state index in [-0.39, 0.29) is 5.41 Å². The van der Waals surface area contributed by atoms with Gasteiger partial charge in [0, 0.05) is 16.5 Å². The van der Waals surface area contributed by atoms with Gasteiger partial charge in [-0.2, -0.15) is 0 Å². The number of aryl methyl sites for hydroxylation is 1. The highest BCUT2D eigenvalue weighted by Gasteiger charge is 2.50. The fourth-order valence-corrected chi connectivity index (χ4v) is 3.39. The fraction of sp³-hybridized carbons (Fsp3) is 0.333. The molecule has 1 atom stereocenters. The summed E-state index contributed by atoms with van der Waals surface area (Å²) in [5, 5.41) is 4.36. The zero-order chi connectivity index (χ0) is 14.2. The van der Waals surface area contributed by atoms with Crippen LogP contribution in [0.25, 0.3) is 0 Å². The monoisotopic (exact) mass is 285 g/mol. The van der Waals surface area contributed by atoms with Crippen LogP contribution in [0.15, 0.2) is 48.5 Å². The zero-order valence-electron chi connectivity index (χ0n) is 12.0. The molecule has 2 aromatic carbocycles. The molecule has 0 spiro atoms. The predicted octanol–water partition coefficient (Wildman–Crippen LogP) is 4.64. The van der Waals surface area contributed by atoms with Gasteiger partial charge >= 0.3 is 0 Å². The molecule has 1 aliphatic rings. The van der Waals surface area contributed by atoms with Gasteiger partial charge in [-0.05, 0) is 49.6 Å². The molecule has 0 aliphatic heterocycles. The summed E-state index contributed by atoms with van der Waals surface area (Å²) in [6.07, 6.45) is 2.46. The number of nitrogens with one attached hydrogen (secondary N) is 1. The highest BCUT2D eigenvalue weighted by Crippen LogP contribution is 2.56. The number of hydrogen-bond donors (Lipinski definition) is 1. The highest BCUT2D eigenvalue weighted by molar-refractivity contribution is 6.31. The van der Waals surface area contributed by atoms with Crippen LogP contribution in [0.2, 0.25) is 5.02 Å². The molecule has 0 bridgehead atoms. The van der Waals surface area contributed by atoms with Gasteiger partial charge < -0.3 is 5.32 Å². The predicted molar refractivity (Wildman–Crippen MR) is 85.3 cm³/mol. The number of benzene rings is 2. The molecule has 1 nitrogen and oxygen atoms in total. The second kappa shape index (κ2) is 5.23. The van der Waals surface area contributed by atoms with E-state index in [0.29, 0.717) is 6.04 Å². The molecule has 0 aromatic heterocycles. The summed E-state index contributed by atoms with van der Waals surface area (Å²) in [7, 11) is 2.04. The molecule has 0 radical (unpaired) electrons. The second-order valence-corrected chi connectivity index (χ2v) is 6.16. The van der Waals surface area contributed by atoms with E-state index in [9.17, 15) is 0 Å². The van der Waals surface area contributed by atoms with Crippen molar-refractivity contribution in [2.24, 2.45) is 0 Å². The molecule has 1 unspecified atom stereocenters. The maximum Gasteiger partial charge on any atom is 0.0438 e. The van der Waals surface area contributed by atoms with Gasteiger partial charge in [0.1, 0.15) is 0 Å². The zero-order valence-corrected chi connectivity index (χ0v) is 12.7. The topological polar surface area (TPSA) is 12.0 Å². The summed E-state index contributed by atoms with van der Waals surface area (Å²) >= 11 is 6.30. The van der Waals surface area contributed by atoms with Crippen molar-refractivity contribution in [2.45, 2.75) is 31.2 Å². The van der Waals surface area contributed by atoms with Crippen molar-refractivity contribution in [2.75, 3.05) is 7.05 Å². The van der Waals surface area contributed by atoms with Crippen molar-refractivity contribution >= 4 is 11.6 Å². The van der Waals surface area contributed by atoms with E-state index >= 15 is 0 Å². The molecule has 3 rings (SSSR count). The summed E-state index contributed by atoms with van der Waals surface area (Å²) in [6.45, 7) is 2.05. The van der Waals surface area contributed by atoms with Crippen LogP contribution in [-0.4, -0.2) is 7.05 Å². The summed E-state index contributed by atoms with van der Waals surface area (Å²) in [5.41, 5.74) is 4.07. The van der Waals surface area contributed by atoms with Gasteiger partial charge in [-0.1, -0.05) is 54.1 Å². The van der Waals surface area contributed by atoms with Crippen molar-refractivity contribution in [1.29, 1.82) is 0 Å². The Hall–Kier alpha value is -1.31. The standard InChI is InChI=1S/C18H20ClN/c1-13-8-9-14(12-16(13)19)17(20-2)18(10-11-18)15-6-4-3-5-7-15/h3-9,12,17,20H,10-11H2,1-2H3. The smallest absolute Gasteiger partial charge is 0.0438 e. The lowest BCUT2D eigenvalue weighted by molar-refractivity contribution is 0.463. The molecule has 1 N–H and O–H groups in total. The lowest BCUT2D eigenvalue weighted by Crippen LogP contribution is -2.29. The lowest BCUT2D eigenvalue weighted by atomic mass is 9.84. The Morgan fingerprint density at radius 2 is 1.80 bits per heavy atom. The minimum absolute atomic E-state index is 0.231. The van der Waals surface area contributed by atoms with Gasteiger partial charge in [0.05, 0.1) is 0 Å². The minimum atomic E-state index is 0.231. The first-order valence-corrected chi connectivity index (χ1v) is 7.54. The Labute approximate surface area is 126 Å². The lowest BCUT2D eigenvalue weighted by Gasteiger charge is -2.28. The van der Waals surface area contributed by atoms with E-state index in [1.165, 1.54) is 24.0 Å². The van der Waals surface area contributed by atoms with Crippen molar-refractivity contribution in [3.05, 3.63) is 70.2 Å². The normalized spacial score (nSPS) is 17.8. The van der Waals surface area contributed by atoms with Crippen molar-refractivity contribution in [1.82, 2.24) is 5.32 Å². The summed E-state index contributed by atoms with van der Waals surface area (Å²) in [4.78, 5) is 0. The van der Waals surface area contributed by atoms with Gasteiger partial charge in [-0.15, -0.1) is 0 Å². The van der Waals surface area contributed by atoms with E-state index < -0.39 is 0 Å². The van der Waals surface area contributed by atoms with Crippen LogP contribution in [-0.2, 0) is 5.41 Å². The van der Waals surface area contributed by atoms with Crippen LogP contribution in [0.4, 0.5) is 0 Å². The third-order valence-electron chi connectivity index (χ3n) is 4.51. The molecule has 0 amide bonds. The minimum Gasteiger partial charge on any atom is -0.312 e. The van der Waals surface area contributed by atoms with Gasteiger partial charge in [0.2, 0.25) is 0 Å². The summed E-state index contributed by atoms with van der Waals surface area (Å²) < 4.78 is 0. The van der Waals surface area contributed by atoms with E-state index in [0.717, 1.165) is 10.6 Å². The van der Waals surface area contributed by atoms with E-state index in [4.69, 9.17) is 11.6 Å². The van der Waals surface area contributed by atoms with Gasteiger partial charge in [-0.3, -0.25) is 0 Å². The van der Waals surface area contributed by atoms with Crippen molar-refractivity contribution in [3.63, 3.8) is 0 Å². The first-order valence-electron chi connectivity index (χ1n) is 7.16. The van der Waals surface area contributed by atoms with E-state index in [2.05, 4.69) is 53.8 Å². The van der Waals surface area contributed by atoms with Crippen LogP contribution in [0.5, 0.6) is 0 Å². The quantitative estimate of drug-likeness (QED) is 0.863. The Bertz CT molecular complexity index is 602. The molecule has 1 fully saturated rings. The Kier molecular flexibility index (Phi) is 3.57. The summed E-state index contributed by atoms with van der Waals surface area (Å²) in [5.74, 6) is 0. The molecular weight excluding hydrogens is 266 g/mol. The molecule has 0 saturated heterocycles. The second-order valence-electron chi connectivity index (χ2n) is 5.75. The summed E-state index contributed by atoms with van der Waals surface area (Å²) in [6, 6.07) is 17.6. The largest absolute Gasteiger partial charge is 0.312 e. The van der Waals surface area contributed by atoms with Crippen LogP contribution in [0.1, 0.15) is 35.6 Å². The van der Waals surface area contributed by atoms with Crippen molar-refractivity contribution in [3.8, 4) is 0 Å². The third-order valence-corrected chi connectivity index (χ3v) is 4.92. The maximum absolute atomic E-state index is 6.30. The van der Waals surface area contributed by atoms with Crippen molar-refractivity contribution < 1.29 is 0 Å². The molecule has 20 heavy (non-hydrogen) atoms. The first-order chi connectivity index (χ1) is 9.67. The molecule has 1 saturated carbocycles. The number of hydrogen-bond acceptors (Lipinski definition) is 1. The highest BCUT2D eigenvalue weighted by atomic mass is 35.5. The Morgan fingerprint density at radius 3 is 2.35 bits per heavy atom. The van der Waals surface area contributed by atoms with Crippen LogP contribution >= 0.6 is 11.6 Å². The van der Waals surface area contributed by atoms with Crippen LogP contribution < -0.4 is 5.32 Å². The maximum atomic E-state index is 6.30. The van der Waals surface area contributed by atoms with Gasteiger partial charge in [-0.25, -0.2) is 0 Å². The number of likely N-dealkylation sites (N-methyl/N-ethyl adjacent to an activating group) is 1. The molecule has 2 aromatic rings. The van der Waals surface area contributed by atoms with Gasteiger partial charge in [0.15, 0.2) is 0 Å². The fourth-order valence-electron chi connectivity index (χ4n) is 3.20. The SMILES string of the molecule is CNC(c1ccc(C)c(Cl)c1)C1(c2ccccc2)CC1. The van der Waals surface area contributed by atoms with E-state index in [1.807, 2.05) is 14.0 Å². The average molecular weight is 286 g/mol. The molecule has 1 aliphatic carbocycles. The first kappa shape index (κ1) is 13.7. The molecular formula is C18H20ClN. The number of rotatable bonds is 4. The van der Waals surface area contributed by atoms with Gasteiger partial charge in [0.25, 0.3) is 0 Å². The third kappa shape index (κ3) is 2.25. The van der Waals surface area contributed by atoms with E-state index in [1.54, 1.807) is 0 Å².